The van der Waals surface area contributed by atoms with Crippen LogP contribution in [0.5, 0.6) is 5.75 Å². The summed E-state index contributed by atoms with van der Waals surface area (Å²) in [6, 6.07) is 9.33. The molecule has 0 amide bonds. The molecule has 0 aromatic heterocycles. The first-order valence-electron chi connectivity index (χ1n) is 5.13. The van der Waals surface area contributed by atoms with Gasteiger partial charge in [-0.05, 0) is 36.4 Å². The van der Waals surface area contributed by atoms with Crippen LogP contribution in [0.2, 0.25) is 0 Å². The maximum atomic E-state index is 13.5. The molecule has 2 rings (SSSR count). The molecular formula is C12H9BrFNO3S. The normalized spacial score (nSPS) is 11.3. The molecule has 4 nitrogen and oxygen atoms in total. The molecule has 0 bridgehead atoms. The smallest absolute Gasteiger partial charge is 0.339 e. The zero-order chi connectivity index (χ0) is 14.0. The number of hydrogen-bond acceptors (Lipinski definition) is 4. The highest BCUT2D eigenvalue weighted by Gasteiger charge is 2.18. The summed E-state index contributed by atoms with van der Waals surface area (Å²) >= 11 is 3.19. The topological polar surface area (TPSA) is 69.4 Å². The molecule has 2 aromatic carbocycles. The second kappa shape index (κ2) is 5.18. The van der Waals surface area contributed by atoms with Gasteiger partial charge in [-0.3, -0.25) is 0 Å². The fraction of sp³-hybridized carbons (Fsp3) is 0. The van der Waals surface area contributed by atoms with Crippen LogP contribution in [0, 0.1) is 5.82 Å². The van der Waals surface area contributed by atoms with E-state index in [0.29, 0.717) is 0 Å². The highest BCUT2D eigenvalue weighted by molar-refractivity contribution is 9.10. The Bertz CT molecular complexity index is 701. The van der Waals surface area contributed by atoms with Crippen molar-refractivity contribution in [1.82, 2.24) is 0 Å². The minimum Gasteiger partial charge on any atom is -0.399 e. The van der Waals surface area contributed by atoms with Gasteiger partial charge in [0.1, 0.15) is 4.90 Å². The van der Waals surface area contributed by atoms with Crippen LogP contribution in [0.15, 0.2) is 51.8 Å². The number of nitrogen functional groups attached to an aromatic ring is 1. The first-order chi connectivity index (χ1) is 8.88. The van der Waals surface area contributed by atoms with Crippen LogP contribution in [-0.4, -0.2) is 8.42 Å². The second-order valence-corrected chi connectivity index (χ2v) is 6.14. The van der Waals surface area contributed by atoms with Crippen LogP contribution in [0.1, 0.15) is 0 Å². The average molecular weight is 346 g/mol. The largest absolute Gasteiger partial charge is 0.399 e. The first-order valence-corrected chi connectivity index (χ1v) is 7.34. The minimum absolute atomic E-state index is 0.0630. The van der Waals surface area contributed by atoms with Crippen molar-refractivity contribution in [2.75, 3.05) is 5.73 Å². The van der Waals surface area contributed by atoms with E-state index in [1.54, 1.807) is 12.1 Å². The highest BCUT2D eigenvalue weighted by Crippen LogP contribution is 2.24. The standard InChI is InChI=1S/C12H9BrFNO3S/c13-8-1-4-10(5-2-8)19(16,17)18-12-6-3-9(15)7-11(12)14/h1-7H,15H2. The van der Waals surface area contributed by atoms with Crippen molar-refractivity contribution < 1.29 is 17.0 Å². The van der Waals surface area contributed by atoms with Gasteiger partial charge in [0.15, 0.2) is 11.6 Å². The molecule has 0 radical (unpaired) electrons. The van der Waals surface area contributed by atoms with Crippen LogP contribution in [-0.2, 0) is 10.1 Å². The van der Waals surface area contributed by atoms with Gasteiger partial charge < -0.3 is 9.92 Å². The summed E-state index contributed by atoms with van der Waals surface area (Å²) in [7, 11) is -4.07. The predicted octanol–water partition coefficient (Wildman–Crippen LogP) is 2.94. The molecule has 100 valence electrons. The van der Waals surface area contributed by atoms with Gasteiger partial charge in [-0.2, -0.15) is 8.42 Å². The average Bonchev–Trinajstić information content (AvgIpc) is 2.33. The van der Waals surface area contributed by atoms with Crippen LogP contribution in [0.4, 0.5) is 10.1 Å². The maximum Gasteiger partial charge on any atom is 0.339 e. The SMILES string of the molecule is Nc1ccc(OS(=O)(=O)c2ccc(Br)cc2)c(F)c1. The number of hydrogen-bond donors (Lipinski definition) is 1. The number of benzene rings is 2. The third-order valence-corrected chi connectivity index (χ3v) is 4.03. The van der Waals surface area contributed by atoms with E-state index in [2.05, 4.69) is 15.9 Å². The van der Waals surface area contributed by atoms with E-state index in [9.17, 15) is 12.8 Å². The summed E-state index contributed by atoms with van der Waals surface area (Å²) in [4.78, 5) is -0.0630. The molecule has 2 N–H and O–H groups in total. The molecule has 0 heterocycles. The lowest BCUT2D eigenvalue weighted by atomic mass is 10.3. The van der Waals surface area contributed by atoms with Crippen molar-refractivity contribution in [2.24, 2.45) is 0 Å². The van der Waals surface area contributed by atoms with E-state index < -0.39 is 21.7 Å². The summed E-state index contributed by atoms with van der Waals surface area (Å²) in [5.74, 6) is -1.22. The van der Waals surface area contributed by atoms with Crippen molar-refractivity contribution in [3.8, 4) is 5.75 Å². The Kier molecular flexibility index (Phi) is 3.77. The van der Waals surface area contributed by atoms with Crippen molar-refractivity contribution >= 4 is 31.7 Å². The van der Waals surface area contributed by atoms with Gasteiger partial charge in [0.05, 0.1) is 0 Å². The Hall–Kier alpha value is -1.60. The summed E-state index contributed by atoms with van der Waals surface area (Å²) in [5.41, 5.74) is 5.55. The van der Waals surface area contributed by atoms with Gasteiger partial charge in [-0.25, -0.2) is 4.39 Å². The molecular weight excluding hydrogens is 337 g/mol. The van der Waals surface area contributed by atoms with E-state index in [1.807, 2.05) is 0 Å². The maximum absolute atomic E-state index is 13.5. The van der Waals surface area contributed by atoms with Gasteiger partial charge in [0.2, 0.25) is 0 Å². The number of rotatable bonds is 3. The molecule has 0 aliphatic carbocycles. The van der Waals surface area contributed by atoms with Gasteiger partial charge in [-0.15, -0.1) is 0 Å². The van der Waals surface area contributed by atoms with Gasteiger partial charge in [-0.1, -0.05) is 15.9 Å². The predicted molar refractivity (Wildman–Crippen MR) is 72.8 cm³/mol. The number of nitrogens with two attached hydrogens (primary N) is 1. The molecule has 19 heavy (non-hydrogen) atoms. The van der Waals surface area contributed by atoms with E-state index in [1.165, 1.54) is 24.3 Å². The summed E-state index contributed by atoms with van der Waals surface area (Å²) < 4.78 is 42.8. The Morgan fingerprint density at radius 1 is 1.11 bits per heavy atom. The molecule has 0 aliphatic heterocycles. The Balaban J connectivity index is 2.33. The van der Waals surface area contributed by atoms with Crippen molar-refractivity contribution in [3.05, 3.63) is 52.8 Å². The molecule has 0 atom stereocenters. The Morgan fingerprint density at radius 2 is 1.74 bits per heavy atom. The molecule has 0 saturated heterocycles. The first kappa shape index (κ1) is 13.8. The molecule has 0 unspecified atom stereocenters. The van der Waals surface area contributed by atoms with Gasteiger partial charge >= 0.3 is 10.1 Å². The quantitative estimate of drug-likeness (QED) is 0.685. The van der Waals surface area contributed by atoms with Crippen LogP contribution < -0.4 is 9.92 Å². The van der Waals surface area contributed by atoms with Gasteiger partial charge in [0, 0.05) is 16.2 Å². The van der Waals surface area contributed by atoms with Crippen molar-refractivity contribution in [2.45, 2.75) is 4.90 Å². The van der Waals surface area contributed by atoms with Crippen LogP contribution in [0.25, 0.3) is 0 Å². The molecule has 7 heteroatoms. The van der Waals surface area contributed by atoms with E-state index in [-0.39, 0.29) is 10.6 Å². The Morgan fingerprint density at radius 3 is 2.32 bits per heavy atom. The molecule has 2 aromatic rings. The van der Waals surface area contributed by atoms with E-state index >= 15 is 0 Å². The second-order valence-electron chi connectivity index (χ2n) is 3.68. The summed E-state index contributed by atoms with van der Waals surface area (Å²) in [5, 5.41) is 0. The molecule has 0 fully saturated rings. The van der Waals surface area contributed by atoms with Crippen molar-refractivity contribution in [3.63, 3.8) is 0 Å². The van der Waals surface area contributed by atoms with E-state index in [4.69, 9.17) is 9.92 Å². The fourth-order valence-corrected chi connectivity index (χ4v) is 2.55. The third kappa shape index (κ3) is 3.24. The van der Waals surface area contributed by atoms with Crippen molar-refractivity contribution in [1.29, 1.82) is 0 Å². The molecule has 0 aliphatic rings. The fourth-order valence-electron chi connectivity index (χ4n) is 1.35. The summed E-state index contributed by atoms with van der Waals surface area (Å²) in [6.45, 7) is 0. The lowest BCUT2D eigenvalue weighted by Crippen LogP contribution is -2.10. The minimum atomic E-state index is -4.07. The lowest BCUT2D eigenvalue weighted by molar-refractivity contribution is 0.461. The van der Waals surface area contributed by atoms with E-state index in [0.717, 1.165) is 10.5 Å². The highest BCUT2D eigenvalue weighted by atomic mass is 79.9. The van der Waals surface area contributed by atoms with Crippen LogP contribution >= 0.6 is 15.9 Å². The van der Waals surface area contributed by atoms with Crippen LogP contribution in [0.3, 0.4) is 0 Å². The Labute approximate surface area is 118 Å². The monoisotopic (exact) mass is 345 g/mol. The number of anilines is 1. The molecule has 0 spiro atoms. The number of halogens is 2. The zero-order valence-corrected chi connectivity index (χ0v) is 11.9. The third-order valence-electron chi connectivity index (χ3n) is 2.26. The summed E-state index contributed by atoms with van der Waals surface area (Å²) in [6.07, 6.45) is 0. The lowest BCUT2D eigenvalue weighted by Gasteiger charge is -2.08. The zero-order valence-electron chi connectivity index (χ0n) is 9.51. The van der Waals surface area contributed by atoms with Gasteiger partial charge in [0.25, 0.3) is 0 Å². The molecule has 0 saturated carbocycles.